The molecular weight excluding hydrogens is 234 g/mol. The monoisotopic (exact) mass is 245 g/mol. The molecule has 0 amide bonds. The second-order valence-corrected chi connectivity index (χ2v) is 4.58. The van der Waals surface area contributed by atoms with Crippen molar-refractivity contribution >= 4 is 32.8 Å². The third-order valence-corrected chi connectivity index (χ3v) is 3.31. The Kier molecular flexibility index (Phi) is 2.12. The summed E-state index contributed by atoms with van der Waals surface area (Å²) < 4.78 is 0. The topological polar surface area (TPSA) is 41.6 Å². The van der Waals surface area contributed by atoms with Crippen LogP contribution in [0.2, 0.25) is 0 Å². The molecule has 3 heteroatoms. The standard InChI is InChI=1S/C16H11N3/c1-5-13-6-2-11(1)15-9-10-16(19-18-15)12-3-7-14(17-13)8-4-12/h1-10,17H. The molecule has 0 spiro atoms. The molecule has 7 heterocycles. The van der Waals surface area contributed by atoms with Crippen molar-refractivity contribution in [3.63, 3.8) is 0 Å². The zero-order valence-electron chi connectivity index (χ0n) is 10.2. The summed E-state index contributed by atoms with van der Waals surface area (Å²) in [5.74, 6) is 0. The summed E-state index contributed by atoms with van der Waals surface area (Å²) in [5, 5.41) is 10.8. The summed E-state index contributed by atoms with van der Waals surface area (Å²) in [6.07, 6.45) is 0. The van der Waals surface area contributed by atoms with Gasteiger partial charge in [-0.3, -0.25) is 0 Å². The van der Waals surface area contributed by atoms with Gasteiger partial charge >= 0.3 is 0 Å². The van der Waals surface area contributed by atoms with Crippen molar-refractivity contribution < 1.29 is 0 Å². The van der Waals surface area contributed by atoms with E-state index in [1.807, 2.05) is 12.1 Å². The molecule has 7 aromatic heterocycles. The van der Waals surface area contributed by atoms with Crippen LogP contribution in [0, 0.1) is 0 Å². The van der Waals surface area contributed by atoms with E-state index >= 15 is 0 Å². The molecule has 0 saturated heterocycles. The zero-order valence-corrected chi connectivity index (χ0v) is 10.2. The van der Waals surface area contributed by atoms with Crippen molar-refractivity contribution in [1.82, 2.24) is 15.2 Å². The van der Waals surface area contributed by atoms with Gasteiger partial charge in [-0.05, 0) is 36.4 Å². The molecular formula is C16H11N3. The second-order valence-electron chi connectivity index (χ2n) is 4.58. The van der Waals surface area contributed by atoms with Gasteiger partial charge in [0.15, 0.2) is 0 Å². The Morgan fingerprint density at radius 1 is 0.526 bits per heavy atom. The molecule has 9 rings (SSSR count). The summed E-state index contributed by atoms with van der Waals surface area (Å²) in [7, 11) is 0. The Morgan fingerprint density at radius 3 is 1.32 bits per heavy atom. The molecule has 0 atom stereocenters. The highest BCUT2D eigenvalue weighted by Gasteiger charge is 1.95. The first-order valence-electron chi connectivity index (χ1n) is 6.20. The van der Waals surface area contributed by atoms with Crippen molar-refractivity contribution in [2.75, 3.05) is 0 Å². The minimum absolute atomic E-state index is 0.894. The third-order valence-electron chi connectivity index (χ3n) is 3.31. The van der Waals surface area contributed by atoms with E-state index in [4.69, 9.17) is 0 Å². The minimum atomic E-state index is 0.894. The Morgan fingerprint density at radius 2 is 0.947 bits per heavy atom. The number of nitrogens with one attached hydrogen (secondary N) is 1. The highest BCUT2D eigenvalue weighted by atomic mass is 15.1. The van der Waals surface area contributed by atoms with Crippen LogP contribution in [0.3, 0.4) is 0 Å². The SMILES string of the molecule is c1cc2ccc1[nH]c1ccc(cc1)c1ccc2nn1. The van der Waals surface area contributed by atoms with Crippen LogP contribution in [-0.4, -0.2) is 15.2 Å². The van der Waals surface area contributed by atoms with Gasteiger partial charge in [-0.15, -0.1) is 10.2 Å². The molecule has 2 aromatic carbocycles. The van der Waals surface area contributed by atoms with E-state index in [1.54, 1.807) is 0 Å². The number of H-pyrrole nitrogens is 1. The number of benzene rings is 2. The molecule has 19 heavy (non-hydrogen) atoms. The van der Waals surface area contributed by atoms with Gasteiger partial charge in [-0.2, -0.15) is 0 Å². The van der Waals surface area contributed by atoms with Gasteiger partial charge in [-0.1, -0.05) is 24.3 Å². The third kappa shape index (κ3) is 1.76. The quantitative estimate of drug-likeness (QED) is 0.511. The van der Waals surface area contributed by atoms with E-state index in [0.717, 1.165) is 32.8 Å². The van der Waals surface area contributed by atoms with Crippen molar-refractivity contribution in [3.8, 4) is 0 Å². The molecule has 90 valence electrons. The molecule has 0 saturated carbocycles. The van der Waals surface area contributed by atoms with Gasteiger partial charge in [-0.25, -0.2) is 0 Å². The van der Waals surface area contributed by atoms with Crippen LogP contribution in [0.25, 0.3) is 32.8 Å². The Bertz CT molecular complexity index is 787. The maximum atomic E-state index is 4.30. The highest BCUT2D eigenvalue weighted by Crippen LogP contribution is 2.15. The van der Waals surface area contributed by atoms with Crippen LogP contribution in [-0.2, 0) is 0 Å². The lowest BCUT2D eigenvalue weighted by atomic mass is 10.2. The smallest absolute Gasteiger partial charge is 0.0930 e. The Labute approximate surface area is 109 Å². The van der Waals surface area contributed by atoms with Crippen LogP contribution in [0.15, 0.2) is 60.7 Å². The van der Waals surface area contributed by atoms with E-state index in [2.05, 4.69) is 63.7 Å². The summed E-state index contributed by atoms with van der Waals surface area (Å²) in [4.78, 5) is 3.38. The molecule has 0 fully saturated rings. The van der Waals surface area contributed by atoms with Crippen LogP contribution < -0.4 is 0 Å². The van der Waals surface area contributed by atoms with Gasteiger partial charge < -0.3 is 4.98 Å². The number of hydrogen-bond donors (Lipinski definition) is 1. The lowest BCUT2D eigenvalue weighted by Crippen LogP contribution is -1.82. The minimum Gasteiger partial charge on any atom is -0.356 e. The maximum absolute atomic E-state index is 4.30. The first-order valence-corrected chi connectivity index (χ1v) is 6.20. The second kappa shape index (κ2) is 3.92. The number of rotatable bonds is 0. The summed E-state index contributed by atoms with van der Waals surface area (Å²) in [6.45, 7) is 0. The summed E-state index contributed by atoms with van der Waals surface area (Å²) in [5.41, 5.74) is 3.93. The number of aromatic nitrogens is 3. The number of nitrogens with zero attached hydrogens (tertiary/aromatic N) is 2. The molecule has 3 nitrogen and oxygen atoms in total. The van der Waals surface area contributed by atoms with Gasteiger partial charge in [0.25, 0.3) is 0 Å². The van der Waals surface area contributed by atoms with Gasteiger partial charge in [0.05, 0.1) is 11.0 Å². The summed E-state index contributed by atoms with van der Waals surface area (Å²) >= 11 is 0. The molecule has 0 aliphatic carbocycles. The van der Waals surface area contributed by atoms with Gasteiger partial charge in [0, 0.05) is 21.8 Å². The van der Waals surface area contributed by atoms with E-state index in [9.17, 15) is 0 Å². The fourth-order valence-corrected chi connectivity index (χ4v) is 2.26. The predicted octanol–water partition coefficient (Wildman–Crippen LogP) is 3.83. The van der Waals surface area contributed by atoms with Crippen LogP contribution in [0.4, 0.5) is 0 Å². The highest BCUT2D eigenvalue weighted by molar-refractivity contribution is 5.84. The van der Waals surface area contributed by atoms with Crippen molar-refractivity contribution in [2.24, 2.45) is 0 Å². The van der Waals surface area contributed by atoms with E-state index in [-0.39, 0.29) is 0 Å². The van der Waals surface area contributed by atoms with Crippen molar-refractivity contribution in [3.05, 3.63) is 60.7 Å². The van der Waals surface area contributed by atoms with Crippen molar-refractivity contribution in [1.29, 1.82) is 0 Å². The molecule has 1 N–H and O–H groups in total. The van der Waals surface area contributed by atoms with E-state index < -0.39 is 0 Å². The molecule has 0 aliphatic rings. The average Bonchev–Trinajstić information content (AvgIpc) is 2.54. The van der Waals surface area contributed by atoms with Crippen LogP contribution >= 0.6 is 0 Å². The molecule has 9 aromatic rings. The molecule has 0 aliphatic heterocycles. The molecule has 0 unspecified atom stereocenters. The van der Waals surface area contributed by atoms with E-state index in [0.29, 0.717) is 0 Å². The van der Waals surface area contributed by atoms with E-state index in [1.165, 1.54) is 0 Å². The normalized spacial score (nSPS) is 11.2. The van der Waals surface area contributed by atoms with Gasteiger partial charge in [0.2, 0.25) is 0 Å². The molecule has 0 radical (unpaired) electrons. The average molecular weight is 245 g/mol. The first-order chi connectivity index (χ1) is 9.38. The largest absolute Gasteiger partial charge is 0.356 e. The molecule has 6 bridgehead atoms. The maximum Gasteiger partial charge on any atom is 0.0930 e. The first kappa shape index (κ1) is 10.3. The van der Waals surface area contributed by atoms with Crippen LogP contribution in [0.5, 0.6) is 0 Å². The predicted molar refractivity (Wildman–Crippen MR) is 77.7 cm³/mol. The zero-order chi connectivity index (χ0) is 12.7. The van der Waals surface area contributed by atoms with Gasteiger partial charge in [0.1, 0.15) is 0 Å². The lowest BCUT2D eigenvalue weighted by Gasteiger charge is -1.93. The van der Waals surface area contributed by atoms with Crippen LogP contribution in [0.1, 0.15) is 0 Å². The van der Waals surface area contributed by atoms with Crippen molar-refractivity contribution in [2.45, 2.75) is 0 Å². The Balaban J connectivity index is 2.29. The fraction of sp³-hybridized carbons (Fsp3) is 0. The number of aromatic amines is 1. The fourth-order valence-electron chi connectivity index (χ4n) is 2.26. The number of hydrogen-bond acceptors (Lipinski definition) is 2. The summed E-state index contributed by atoms with van der Waals surface area (Å²) in [6, 6.07) is 20.4. The lowest BCUT2D eigenvalue weighted by molar-refractivity contribution is 1.12. The Hall–Kier alpha value is -2.68.